The number of hydrogen-bond donors (Lipinski definition) is 1. The molecule has 9 heteroatoms. The number of aromatic nitrogens is 1. The Morgan fingerprint density at radius 1 is 1.18 bits per heavy atom. The number of aryl methyl sites for hydroxylation is 1. The first-order chi connectivity index (χ1) is 18.1. The van der Waals surface area contributed by atoms with Gasteiger partial charge in [0.25, 0.3) is 0 Å². The molecule has 4 rings (SSSR count). The number of aliphatic carboxylic acids is 1. The summed E-state index contributed by atoms with van der Waals surface area (Å²) >= 11 is 0. The predicted molar refractivity (Wildman–Crippen MR) is 135 cm³/mol. The lowest BCUT2D eigenvalue weighted by atomic mass is 9.74. The summed E-state index contributed by atoms with van der Waals surface area (Å²) in [6.45, 7) is 2.90. The molecule has 2 aromatic carbocycles. The van der Waals surface area contributed by atoms with Gasteiger partial charge in [0, 0.05) is 30.2 Å². The number of hydrogen-bond acceptors (Lipinski definition) is 4. The smallest absolute Gasteiger partial charge is 0.309 e. The van der Waals surface area contributed by atoms with E-state index in [0.717, 1.165) is 12.1 Å². The third-order valence-electron chi connectivity index (χ3n) is 7.29. The summed E-state index contributed by atoms with van der Waals surface area (Å²) in [6, 6.07) is 6.93. The number of ether oxygens (including phenoxy) is 1. The van der Waals surface area contributed by atoms with E-state index in [-0.39, 0.29) is 24.9 Å². The van der Waals surface area contributed by atoms with Crippen molar-refractivity contribution in [1.29, 1.82) is 0 Å². The van der Waals surface area contributed by atoms with Gasteiger partial charge in [0.1, 0.15) is 11.9 Å². The highest BCUT2D eigenvalue weighted by molar-refractivity contribution is 5.85. The van der Waals surface area contributed by atoms with Crippen LogP contribution in [0.5, 0.6) is 5.75 Å². The monoisotopic (exact) mass is 528 g/mol. The Bertz CT molecular complexity index is 1390. The van der Waals surface area contributed by atoms with Crippen LogP contribution in [0.3, 0.4) is 0 Å². The fourth-order valence-corrected chi connectivity index (χ4v) is 4.97. The van der Waals surface area contributed by atoms with Crippen LogP contribution in [-0.2, 0) is 4.79 Å². The van der Waals surface area contributed by atoms with Gasteiger partial charge in [0.05, 0.1) is 24.6 Å². The summed E-state index contributed by atoms with van der Waals surface area (Å²) in [5, 5.41) is 10.7. The highest BCUT2D eigenvalue weighted by Gasteiger charge is 2.41. The van der Waals surface area contributed by atoms with Crippen molar-refractivity contribution in [2.45, 2.75) is 38.8 Å². The van der Waals surface area contributed by atoms with Crippen molar-refractivity contribution in [3.8, 4) is 17.6 Å². The maximum Gasteiger partial charge on any atom is 0.309 e. The zero-order valence-corrected chi connectivity index (χ0v) is 21.2. The van der Waals surface area contributed by atoms with Gasteiger partial charge in [-0.15, -0.1) is 0 Å². The molecule has 5 nitrogen and oxygen atoms in total. The molecule has 0 radical (unpaired) electrons. The van der Waals surface area contributed by atoms with Crippen LogP contribution < -0.4 is 4.74 Å². The van der Waals surface area contributed by atoms with E-state index in [2.05, 4.69) is 16.8 Å². The second-order valence-corrected chi connectivity index (χ2v) is 9.66. The van der Waals surface area contributed by atoms with Crippen LogP contribution in [0.2, 0.25) is 0 Å². The summed E-state index contributed by atoms with van der Waals surface area (Å²) < 4.78 is 60.8. The maximum atomic E-state index is 15.7. The zero-order chi connectivity index (χ0) is 27.4. The Morgan fingerprint density at radius 3 is 2.50 bits per heavy atom. The Hall–Kier alpha value is -3.64. The van der Waals surface area contributed by atoms with Gasteiger partial charge >= 0.3 is 5.97 Å². The number of benzene rings is 2. The summed E-state index contributed by atoms with van der Waals surface area (Å²) in [4.78, 5) is 18.6. The highest BCUT2D eigenvalue weighted by Crippen LogP contribution is 2.41. The Kier molecular flexibility index (Phi) is 8.22. The van der Waals surface area contributed by atoms with E-state index in [1.54, 1.807) is 31.3 Å². The number of carboxylic acid groups (broad SMARTS) is 1. The van der Waals surface area contributed by atoms with Crippen LogP contribution in [0.1, 0.15) is 48.5 Å². The number of methoxy groups -OCH3 is 1. The van der Waals surface area contributed by atoms with Gasteiger partial charge in [0.15, 0.2) is 17.5 Å². The average molecular weight is 529 g/mol. The minimum absolute atomic E-state index is 0.0174. The molecule has 1 atom stereocenters. The number of fused-ring (bicyclic) bond motifs is 1. The molecular formula is C29H28F4N2O3. The molecule has 0 bridgehead atoms. The van der Waals surface area contributed by atoms with Crippen molar-refractivity contribution in [2.24, 2.45) is 5.41 Å². The molecule has 2 heterocycles. The fourth-order valence-electron chi connectivity index (χ4n) is 4.97. The third-order valence-corrected chi connectivity index (χ3v) is 7.29. The molecule has 1 aliphatic heterocycles. The van der Waals surface area contributed by atoms with Gasteiger partial charge in [-0.25, -0.2) is 17.6 Å². The Labute approximate surface area is 218 Å². The molecule has 1 fully saturated rings. The molecule has 0 unspecified atom stereocenters. The minimum Gasteiger partial charge on any atom is -0.497 e. The number of alkyl halides is 1. The lowest BCUT2D eigenvalue weighted by Gasteiger charge is -2.38. The molecule has 0 aliphatic carbocycles. The first kappa shape index (κ1) is 27.4. The number of rotatable bonds is 7. The first-order valence-corrected chi connectivity index (χ1v) is 12.3. The quantitative estimate of drug-likeness (QED) is 0.232. The van der Waals surface area contributed by atoms with Crippen molar-refractivity contribution in [1.82, 2.24) is 9.88 Å². The van der Waals surface area contributed by atoms with Crippen LogP contribution in [0.4, 0.5) is 17.6 Å². The SMILES string of the molecule is COc1ccc2ncc(C)c([C@@H](F)CCC3(C(=O)O)CCN(CC#Cc4cc(F)c(F)c(F)c4)CC3)c2c1. The summed E-state index contributed by atoms with van der Waals surface area (Å²) in [7, 11) is 1.54. The molecule has 3 aromatic rings. The van der Waals surface area contributed by atoms with Crippen LogP contribution in [0.15, 0.2) is 36.5 Å². The first-order valence-electron chi connectivity index (χ1n) is 12.3. The van der Waals surface area contributed by atoms with Crippen molar-refractivity contribution >= 4 is 16.9 Å². The molecule has 0 spiro atoms. The molecule has 0 saturated carbocycles. The van der Waals surface area contributed by atoms with Crippen molar-refractivity contribution in [2.75, 3.05) is 26.7 Å². The van der Waals surface area contributed by atoms with Crippen molar-refractivity contribution in [3.63, 3.8) is 0 Å². The van der Waals surface area contributed by atoms with E-state index in [9.17, 15) is 23.1 Å². The van der Waals surface area contributed by atoms with E-state index < -0.39 is 35.0 Å². The van der Waals surface area contributed by atoms with Crippen LogP contribution in [0, 0.1) is 41.6 Å². The molecule has 200 valence electrons. The lowest BCUT2D eigenvalue weighted by molar-refractivity contribution is -0.152. The van der Waals surface area contributed by atoms with Gasteiger partial charge in [-0.1, -0.05) is 11.8 Å². The predicted octanol–water partition coefficient (Wildman–Crippen LogP) is 5.98. The van der Waals surface area contributed by atoms with Crippen molar-refractivity contribution < 1.29 is 32.2 Å². The summed E-state index contributed by atoms with van der Waals surface area (Å²) in [5.74, 6) is 0.895. The van der Waals surface area contributed by atoms with Crippen LogP contribution in [-0.4, -0.2) is 47.7 Å². The minimum atomic E-state index is -1.54. The number of likely N-dealkylation sites (tertiary alicyclic amines) is 1. The van der Waals surface area contributed by atoms with E-state index >= 15 is 4.39 Å². The van der Waals surface area contributed by atoms with E-state index in [0.29, 0.717) is 53.7 Å². The number of carbonyl (C=O) groups is 1. The molecule has 1 aromatic heterocycles. The van der Waals surface area contributed by atoms with E-state index in [1.165, 1.54) is 7.11 Å². The third kappa shape index (κ3) is 5.76. The lowest BCUT2D eigenvalue weighted by Crippen LogP contribution is -2.44. The molecular weight excluding hydrogens is 500 g/mol. The van der Waals surface area contributed by atoms with Crippen LogP contribution >= 0.6 is 0 Å². The highest BCUT2D eigenvalue weighted by atomic mass is 19.2. The molecule has 0 amide bonds. The molecule has 38 heavy (non-hydrogen) atoms. The van der Waals surface area contributed by atoms with Gasteiger partial charge in [-0.3, -0.25) is 14.7 Å². The standard InChI is InChI=1S/C29H28F4N2O3/c1-18-17-34-25-6-5-20(38-2)16-21(25)26(18)22(30)7-8-29(28(36)37)9-12-35(13-10-29)11-3-4-19-14-23(31)27(33)24(32)15-19/h5-6,14-17,22H,7-13H2,1-2H3,(H,36,37)/t22-/m0/s1. The second-order valence-electron chi connectivity index (χ2n) is 9.66. The maximum absolute atomic E-state index is 15.7. The van der Waals surface area contributed by atoms with Gasteiger partial charge in [0.2, 0.25) is 0 Å². The topological polar surface area (TPSA) is 62.7 Å². The fraction of sp³-hybridized carbons (Fsp3) is 0.379. The Balaban J connectivity index is 1.41. The van der Waals surface area contributed by atoms with Gasteiger partial charge in [-0.2, -0.15) is 0 Å². The van der Waals surface area contributed by atoms with E-state index in [4.69, 9.17) is 4.74 Å². The largest absolute Gasteiger partial charge is 0.497 e. The number of pyridine rings is 1. The number of halogens is 4. The number of nitrogens with zero attached hydrogens (tertiary/aromatic N) is 2. The second kappa shape index (κ2) is 11.4. The normalized spacial score (nSPS) is 16.1. The molecule has 1 aliphatic rings. The molecule has 1 saturated heterocycles. The number of carboxylic acids is 1. The van der Waals surface area contributed by atoms with Gasteiger partial charge in [-0.05, 0) is 74.1 Å². The zero-order valence-electron chi connectivity index (χ0n) is 21.2. The van der Waals surface area contributed by atoms with Gasteiger partial charge < -0.3 is 9.84 Å². The average Bonchev–Trinajstić information content (AvgIpc) is 2.90. The van der Waals surface area contributed by atoms with Crippen molar-refractivity contribution in [3.05, 3.63) is 70.7 Å². The Morgan fingerprint density at radius 2 is 1.87 bits per heavy atom. The number of piperidine rings is 1. The summed E-state index contributed by atoms with van der Waals surface area (Å²) in [5.41, 5.74) is 0.783. The molecule has 1 N–H and O–H groups in total. The van der Waals surface area contributed by atoms with Crippen LogP contribution in [0.25, 0.3) is 10.9 Å². The summed E-state index contributed by atoms with van der Waals surface area (Å²) in [6.07, 6.45) is 1.11. The van der Waals surface area contributed by atoms with E-state index in [1.807, 2.05) is 4.90 Å².